The zero-order valence-electron chi connectivity index (χ0n) is 60.6. The van der Waals surface area contributed by atoms with E-state index in [4.69, 9.17) is 29.9 Å². The summed E-state index contributed by atoms with van der Waals surface area (Å²) in [6.45, 7) is 0. The van der Waals surface area contributed by atoms with Crippen LogP contribution < -0.4 is 0 Å². The fourth-order valence-electron chi connectivity index (χ4n) is 16.3. The van der Waals surface area contributed by atoms with Crippen molar-refractivity contribution in [3.8, 4) is 113 Å². The van der Waals surface area contributed by atoms with Crippen LogP contribution in [0.3, 0.4) is 0 Å². The zero-order valence-corrected chi connectivity index (χ0v) is 60.6. The standard InChI is InChI=1S/2C51H33N5/c1-4-16-34(17-5-1)37-22-14-24-39(30-37)55-45-28-12-10-26-41(45)43-32-44-42-27-11-13-29-46(42)56(48(44)33-47(43)55)40-25-15-23-38(31-40)51-53-49(35-18-6-2-7-19-35)52-50(54-51)36-20-8-3-9-21-36;1-4-15-34(16-5-1)35-27-29-39(30-28-35)55-45-25-12-10-23-41(45)43-32-44-42-24-11-13-26-46(42)56(48(44)33-47(43)55)40-22-14-21-38(31-40)51-53-49(36-17-6-2-7-18-36)52-50(54-51)37-19-8-3-9-20-37/h2*1-33H. The lowest BCUT2D eigenvalue weighted by Crippen LogP contribution is -2.01. The molecule has 0 amide bonds. The number of para-hydroxylation sites is 4. The van der Waals surface area contributed by atoms with E-state index in [0.29, 0.717) is 34.9 Å². The third-order valence-corrected chi connectivity index (χ3v) is 21.5. The van der Waals surface area contributed by atoms with Gasteiger partial charge in [0.25, 0.3) is 0 Å². The van der Waals surface area contributed by atoms with Gasteiger partial charge in [-0.3, -0.25) is 0 Å². The molecule has 0 aliphatic rings. The molecule has 0 bridgehead atoms. The molecule has 0 unspecified atom stereocenters. The Hall–Kier alpha value is -15.3. The Bertz CT molecular complexity index is 7220. The van der Waals surface area contributed by atoms with Crippen molar-refractivity contribution in [1.82, 2.24) is 48.2 Å². The van der Waals surface area contributed by atoms with E-state index in [9.17, 15) is 0 Å². The Morgan fingerprint density at radius 2 is 0.348 bits per heavy atom. The van der Waals surface area contributed by atoms with Crippen molar-refractivity contribution < 1.29 is 0 Å². The van der Waals surface area contributed by atoms with Crippen molar-refractivity contribution in [1.29, 1.82) is 0 Å². The lowest BCUT2D eigenvalue weighted by molar-refractivity contribution is 1.07. The second kappa shape index (κ2) is 27.5. The highest BCUT2D eigenvalue weighted by molar-refractivity contribution is 6.21. The zero-order chi connectivity index (χ0) is 74.0. The minimum absolute atomic E-state index is 0.626. The van der Waals surface area contributed by atoms with Gasteiger partial charge in [0.15, 0.2) is 34.9 Å². The second-order valence-corrected chi connectivity index (χ2v) is 28.2. The van der Waals surface area contributed by atoms with E-state index in [0.717, 1.165) is 89.2 Å². The van der Waals surface area contributed by atoms with E-state index < -0.39 is 0 Å². The Balaban J connectivity index is 0.000000141. The lowest BCUT2D eigenvalue weighted by atomic mass is 10.1. The maximum atomic E-state index is 5.05. The normalized spacial score (nSPS) is 11.6. The quantitative estimate of drug-likeness (QED) is 0.121. The second-order valence-electron chi connectivity index (χ2n) is 28.2. The molecule has 0 radical (unpaired) electrons. The molecule has 22 rings (SSSR count). The highest BCUT2D eigenvalue weighted by Gasteiger charge is 2.24. The van der Waals surface area contributed by atoms with E-state index >= 15 is 0 Å². The first-order valence-corrected chi connectivity index (χ1v) is 37.7. The van der Waals surface area contributed by atoms with E-state index in [1.54, 1.807) is 0 Å². The van der Waals surface area contributed by atoms with Gasteiger partial charge in [-0.1, -0.05) is 303 Å². The Kier molecular flexibility index (Phi) is 16.0. The highest BCUT2D eigenvalue weighted by Crippen LogP contribution is 2.44. The fraction of sp³-hybridized carbons (Fsp3) is 0. The molecule has 22 aromatic rings. The van der Waals surface area contributed by atoms with Crippen LogP contribution in [-0.4, -0.2) is 48.2 Å². The SMILES string of the molecule is c1ccc(-c2ccc(-n3c4ccccc4c4cc5c6ccccc6n(-c6cccc(-c7nc(-c8ccccc8)nc(-c8ccccc8)n7)c6)c5cc43)cc2)cc1.c1ccc(-c2cccc(-n3c4ccccc4c4cc5c6ccccc6n(-c6cccc(-c7nc(-c8ccccc8)nc(-c8ccccc8)n7)c6)c5cc43)c2)cc1. The number of fused-ring (bicyclic) bond motifs is 12. The maximum Gasteiger partial charge on any atom is 0.164 e. The molecule has 0 saturated heterocycles. The molecule has 112 heavy (non-hydrogen) atoms. The molecule has 6 heterocycles. The van der Waals surface area contributed by atoms with Crippen LogP contribution in [0.1, 0.15) is 0 Å². The van der Waals surface area contributed by atoms with E-state index in [1.807, 2.05) is 121 Å². The van der Waals surface area contributed by atoms with Crippen LogP contribution >= 0.6 is 0 Å². The Labute approximate surface area is 645 Å². The van der Waals surface area contributed by atoms with Crippen LogP contribution in [-0.2, 0) is 0 Å². The monoisotopic (exact) mass is 1430 g/mol. The molecule has 10 nitrogen and oxygen atoms in total. The minimum atomic E-state index is 0.626. The number of hydrogen-bond acceptors (Lipinski definition) is 6. The molecule has 0 N–H and O–H groups in total. The summed E-state index contributed by atoms with van der Waals surface area (Å²) in [7, 11) is 0. The third kappa shape index (κ3) is 11.5. The van der Waals surface area contributed by atoms with Crippen molar-refractivity contribution in [2.75, 3.05) is 0 Å². The molecule has 0 saturated carbocycles. The van der Waals surface area contributed by atoms with Gasteiger partial charge in [-0.15, -0.1) is 0 Å². The fourth-order valence-corrected chi connectivity index (χ4v) is 16.3. The number of benzene rings is 16. The van der Waals surface area contributed by atoms with Crippen molar-refractivity contribution in [2.45, 2.75) is 0 Å². The highest BCUT2D eigenvalue weighted by atomic mass is 15.1. The number of rotatable bonds is 12. The number of hydrogen-bond donors (Lipinski definition) is 0. The molecule has 0 fully saturated rings. The van der Waals surface area contributed by atoms with Gasteiger partial charge in [-0.05, 0) is 119 Å². The van der Waals surface area contributed by atoms with Crippen molar-refractivity contribution in [3.05, 3.63) is 400 Å². The van der Waals surface area contributed by atoms with Gasteiger partial charge in [0.1, 0.15) is 0 Å². The van der Waals surface area contributed by atoms with Gasteiger partial charge in [-0.25, -0.2) is 29.9 Å². The van der Waals surface area contributed by atoms with Crippen LogP contribution in [0, 0.1) is 0 Å². The van der Waals surface area contributed by atoms with Crippen LogP contribution in [0.2, 0.25) is 0 Å². The van der Waals surface area contributed by atoms with Gasteiger partial charge < -0.3 is 18.3 Å². The van der Waals surface area contributed by atoms with E-state index in [2.05, 4.69) is 297 Å². The van der Waals surface area contributed by atoms with Crippen molar-refractivity contribution in [2.24, 2.45) is 0 Å². The average Bonchev–Trinajstić information content (AvgIpc) is 1.56. The first-order valence-electron chi connectivity index (χ1n) is 37.7. The van der Waals surface area contributed by atoms with E-state index in [-0.39, 0.29) is 0 Å². The van der Waals surface area contributed by atoms with Crippen molar-refractivity contribution >= 4 is 87.2 Å². The van der Waals surface area contributed by atoms with Gasteiger partial charge in [0.05, 0.1) is 44.1 Å². The van der Waals surface area contributed by atoms with E-state index in [1.165, 1.54) is 76.4 Å². The molecule has 524 valence electrons. The maximum absolute atomic E-state index is 5.05. The molecule has 0 aliphatic carbocycles. The molecule has 16 aromatic carbocycles. The molecule has 6 aromatic heterocycles. The van der Waals surface area contributed by atoms with Crippen LogP contribution in [0.4, 0.5) is 0 Å². The van der Waals surface area contributed by atoms with Gasteiger partial charge in [0.2, 0.25) is 0 Å². The number of nitrogens with zero attached hydrogens (tertiary/aromatic N) is 10. The summed E-state index contributed by atoms with van der Waals surface area (Å²) in [4.78, 5) is 30.0. The third-order valence-electron chi connectivity index (χ3n) is 21.5. The van der Waals surface area contributed by atoms with Crippen LogP contribution in [0.25, 0.3) is 201 Å². The Morgan fingerprint density at radius 3 is 0.661 bits per heavy atom. The predicted octanol–water partition coefficient (Wildman–Crippen LogP) is 25.5. The summed E-state index contributed by atoms with van der Waals surface area (Å²) in [6.07, 6.45) is 0. The molecule has 10 heteroatoms. The predicted molar refractivity (Wildman–Crippen MR) is 460 cm³/mol. The van der Waals surface area contributed by atoms with Crippen molar-refractivity contribution in [3.63, 3.8) is 0 Å². The Morgan fingerprint density at radius 1 is 0.125 bits per heavy atom. The van der Waals surface area contributed by atoms with Crippen LogP contribution in [0.5, 0.6) is 0 Å². The topological polar surface area (TPSA) is 97.1 Å². The largest absolute Gasteiger partial charge is 0.309 e. The lowest BCUT2D eigenvalue weighted by Gasteiger charge is -2.13. The molecule has 0 atom stereocenters. The summed E-state index contributed by atoms with van der Waals surface area (Å²) in [6, 6.07) is 141. The average molecular weight is 1430 g/mol. The van der Waals surface area contributed by atoms with Gasteiger partial charge in [0, 0.05) is 99.2 Å². The summed E-state index contributed by atoms with van der Waals surface area (Å²) in [5.74, 6) is 3.82. The van der Waals surface area contributed by atoms with Gasteiger partial charge in [-0.2, -0.15) is 0 Å². The number of aromatic nitrogens is 10. The van der Waals surface area contributed by atoms with Crippen LogP contribution in [0.15, 0.2) is 400 Å². The molecule has 0 aliphatic heterocycles. The summed E-state index contributed by atoms with van der Waals surface area (Å²) < 4.78 is 9.58. The molecular weight excluding hydrogens is 1370 g/mol. The molecule has 0 spiro atoms. The smallest absolute Gasteiger partial charge is 0.164 e. The first-order chi connectivity index (χ1) is 55.5. The van der Waals surface area contributed by atoms with Gasteiger partial charge >= 0.3 is 0 Å². The molecular formula is C102H66N10. The summed E-state index contributed by atoms with van der Waals surface area (Å²) >= 11 is 0. The first kappa shape index (κ1) is 65.1. The minimum Gasteiger partial charge on any atom is -0.309 e. The summed E-state index contributed by atoms with van der Waals surface area (Å²) in [5.41, 5.74) is 23.9. The summed E-state index contributed by atoms with van der Waals surface area (Å²) in [5, 5.41) is 9.73.